The molecule has 0 aliphatic heterocycles. The summed E-state index contributed by atoms with van der Waals surface area (Å²) in [7, 11) is 0. The third kappa shape index (κ3) is 4.04. The number of aliphatic carboxylic acids is 1. The summed E-state index contributed by atoms with van der Waals surface area (Å²) >= 11 is 0. The first kappa shape index (κ1) is 14.5. The molecule has 3 N–H and O–H groups in total. The fraction of sp³-hybridized carbons (Fsp3) is 0.133. The van der Waals surface area contributed by atoms with Gasteiger partial charge in [0.1, 0.15) is 11.8 Å². The molecule has 2 aromatic rings. The largest absolute Gasteiger partial charge is 0.506 e. The molecular weight excluding hydrogens is 272 g/mol. The predicted molar refractivity (Wildman–Crippen MR) is 74.9 cm³/mol. The number of rotatable bonds is 5. The summed E-state index contributed by atoms with van der Waals surface area (Å²) in [6, 6.07) is 9.18. The van der Waals surface area contributed by atoms with Crippen molar-refractivity contribution in [3.05, 3.63) is 59.9 Å². The molecule has 1 amide bonds. The molecule has 0 fully saturated rings. The van der Waals surface area contributed by atoms with Gasteiger partial charge in [0.05, 0.1) is 11.8 Å². The molecule has 1 heterocycles. The number of carboxylic acid groups (broad SMARTS) is 1. The summed E-state index contributed by atoms with van der Waals surface area (Å²) < 4.78 is 0. The lowest BCUT2D eigenvalue weighted by Gasteiger charge is -2.14. The highest BCUT2D eigenvalue weighted by atomic mass is 16.4. The van der Waals surface area contributed by atoms with Crippen LogP contribution in [0.4, 0.5) is 0 Å². The minimum atomic E-state index is -1.12. The van der Waals surface area contributed by atoms with Crippen LogP contribution in [0.25, 0.3) is 0 Å². The Morgan fingerprint density at radius 3 is 2.52 bits per heavy atom. The summed E-state index contributed by atoms with van der Waals surface area (Å²) in [6.07, 6.45) is 2.63. The van der Waals surface area contributed by atoms with Gasteiger partial charge in [-0.1, -0.05) is 30.3 Å². The number of carbonyl (C=O) groups excluding carboxylic acids is 1. The van der Waals surface area contributed by atoms with Gasteiger partial charge >= 0.3 is 5.97 Å². The monoisotopic (exact) mass is 286 g/mol. The van der Waals surface area contributed by atoms with E-state index in [2.05, 4.69) is 10.3 Å². The number of benzene rings is 1. The SMILES string of the molecule is O=C(N[C@@H](Cc1ccccc1)C(=O)O)c1cncc(O)c1. The van der Waals surface area contributed by atoms with Gasteiger partial charge in [-0.2, -0.15) is 0 Å². The third-order valence-corrected chi connectivity index (χ3v) is 2.87. The minimum Gasteiger partial charge on any atom is -0.506 e. The van der Waals surface area contributed by atoms with E-state index in [4.69, 9.17) is 0 Å². The van der Waals surface area contributed by atoms with E-state index in [-0.39, 0.29) is 17.7 Å². The lowest BCUT2D eigenvalue weighted by atomic mass is 10.1. The number of hydrogen-bond donors (Lipinski definition) is 3. The molecular formula is C15H14N2O4. The van der Waals surface area contributed by atoms with Crippen LogP contribution in [0.1, 0.15) is 15.9 Å². The lowest BCUT2D eigenvalue weighted by Crippen LogP contribution is -2.42. The highest BCUT2D eigenvalue weighted by Gasteiger charge is 2.21. The lowest BCUT2D eigenvalue weighted by molar-refractivity contribution is -0.139. The number of aromatic hydroxyl groups is 1. The van der Waals surface area contributed by atoms with Gasteiger partial charge < -0.3 is 15.5 Å². The summed E-state index contributed by atoms with van der Waals surface area (Å²) in [5.41, 5.74) is 0.911. The Morgan fingerprint density at radius 2 is 1.90 bits per heavy atom. The van der Waals surface area contributed by atoms with Crippen molar-refractivity contribution in [2.75, 3.05) is 0 Å². The zero-order valence-corrected chi connectivity index (χ0v) is 11.1. The standard InChI is InChI=1S/C15H14N2O4/c18-12-7-11(8-16-9-12)14(19)17-13(15(20)21)6-10-4-2-1-3-5-10/h1-5,7-9,13,18H,6H2,(H,17,19)(H,20,21)/t13-/m0/s1. The molecule has 0 unspecified atom stereocenters. The molecule has 0 saturated carbocycles. The molecule has 0 spiro atoms. The Bertz CT molecular complexity index is 643. The minimum absolute atomic E-state index is 0.106. The van der Waals surface area contributed by atoms with Gasteiger partial charge in [-0.3, -0.25) is 9.78 Å². The quantitative estimate of drug-likeness (QED) is 0.767. The Morgan fingerprint density at radius 1 is 1.19 bits per heavy atom. The van der Waals surface area contributed by atoms with Crippen LogP contribution >= 0.6 is 0 Å². The highest BCUT2D eigenvalue weighted by Crippen LogP contribution is 2.09. The number of carbonyl (C=O) groups is 2. The van der Waals surface area contributed by atoms with Crippen molar-refractivity contribution in [3.8, 4) is 5.75 Å². The zero-order chi connectivity index (χ0) is 15.2. The van der Waals surface area contributed by atoms with Crippen LogP contribution in [-0.2, 0) is 11.2 Å². The Balaban J connectivity index is 2.10. The smallest absolute Gasteiger partial charge is 0.326 e. The maximum absolute atomic E-state index is 12.0. The van der Waals surface area contributed by atoms with E-state index in [0.29, 0.717) is 0 Å². The molecule has 6 nitrogen and oxygen atoms in total. The first-order valence-corrected chi connectivity index (χ1v) is 6.28. The fourth-order valence-corrected chi connectivity index (χ4v) is 1.84. The summed E-state index contributed by atoms with van der Waals surface area (Å²) in [4.78, 5) is 26.9. The van der Waals surface area contributed by atoms with Crippen molar-refractivity contribution in [2.24, 2.45) is 0 Å². The van der Waals surface area contributed by atoms with E-state index >= 15 is 0 Å². The Labute approximate surface area is 121 Å². The molecule has 2 rings (SSSR count). The van der Waals surface area contributed by atoms with E-state index in [1.165, 1.54) is 18.5 Å². The van der Waals surface area contributed by atoms with Gasteiger partial charge in [-0.05, 0) is 11.6 Å². The molecule has 1 aromatic carbocycles. The van der Waals surface area contributed by atoms with Crippen molar-refractivity contribution in [1.29, 1.82) is 0 Å². The molecule has 0 aliphatic rings. The Hall–Kier alpha value is -2.89. The number of pyridine rings is 1. The van der Waals surface area contributed by atoms with Gasteiger partial charge in [0.15, 0.2) is 0 Å². The second kappa shape index (κ2) is 6.51. The Kier molecular flexibility index (Phi) is 4.50. The average Bonchev–Trinajstić information content (AvgIpc) is 2.47. The van der Waals surface area contributed by atoms with Gasteiger partial charge in [-0.15, -0.1) is 0 Å². The van der Waals surface area contributed by atoms with Gasteiger partial charge in [0.25, 0.3) is 5.91 Å². The first-order valence-electron chi connectivity index (χ1n) is 6.28. The van der Waals surface area contributed by atoms with E-state index < -0.39 is 17.9 Å². The van der Waals surface area contributed by atoms with Gasteiger partial charge in [0, 0.05) is 12.6 Å². The maximum atomic E-state index is 12.0. The highest BCUT2D eigenvalue weighted by molar-refractivity contribution is 5.96. The molecule has 1 aromatic heterocycles. The molecule has 6 heteroatoms. The van der Waals surface area contributed by atoms with Crippen molar-refractivity contribution in [2.45, 2.75) is 12.5 Å². The van der Waals surface area contributed by atoms with E-state index in [1.54, 1.807) is 24.3 Å². The average molecular weight is 286 g/mol. The van der Waals surface area contributed by atoms with Crippen molar-refractivity contribution >= 4 is 11.9 Å². The van der Waals surface area contributed by atoms with Crippen LogP contribution in [-0.4, -0.2) is 33.1 Å². The molecule has 108 valence electrons. The topological polar surface area (TPSA) is 99.5 Å². The summed E-state index contributed by atoms with van der Waals surface area (Å²) in [5.74, 6) is -1.88. The van der Waals surface area contributed by atoms with Gasteiger partial charge in [-0.25, -0.2) is 4.79 Å². The normalized spacial score (nSPS) is 11.6. The second-order valence-electron chi connectivity index (χ2n) is 4.49. The predicted octanol–water partition coefficient (Wildman–Crippen LogP) is 1.21. The second-order valence-corrected chi connectivity index (χ2v) is 4.49. The molecule has 1 atom stereocenters. The fourth-order valence-electron chi connectivity index (χ4n) is 1.84. The van der Waals surface area contributed by atoms with E-state index in [1.807, 2.05) is 6.07 Å². The van der Waals surface area contributed by atoms with Crippen LogP contribution in [0.2, 0.25) is 0 Å². The number of carboxylic acids is 1. The van der Waals surface area contributed by atoms with Crippen LogP contribution in [0.5, 0.6) is 5.75 Å². The van der Waals surface area contributed by atoms with Crippen LogP contribution in [0.3, 0.4) is 0 Å². The van der Waals surface area contributed by atoms with Crippen molar-refractivity contribution in [3.63, 3.8) is 0 Å². The molecule has 0 saturated heterocycles. The van der Waals surface area contributed by atoms with Gasteiger partial charge in [0.2, 0.25) is 0 Å². The first-order chi connectivity index (χ1) is 10.1. The number of nitrogens with zero attached hydrogens (tertiary/aromatic N) is 1. The molecule has 21 heavy (non-hydrogen) atoms. The van der Waals surface area contributed by atoms with Crippen LogP contribution in [0.15, 0.2) is 48.8 Å². The summed E-state index contributed by atoms with van der Waals surface area (Å²) in [5, 5.41) is 20.9. The maximum Gasteiger partial charge on any atom is 0.326 e. The van der Waals surface area contributed by atoms with E-state index in [0.717, 1.165) is 5.56 Å². The molecule has 0 aliphatic carbocycles. The molecule has 0 radical (unpaired) electrons. The van der Waals surface area contributed by atoms with Crippen LogP contribution < -0.4 is 5.32 Å². The molecule has 0 bridgehead atoms. The number of aromatic nitrogens is 1. The van der Waals surface area contributed by atoms with E-state index in [9.17, 15) is 19.8 Å². The number of hydrogen-bond acceptors (Lipinski definition) is 4. The van der Waals surface area contributed by atoms with Crippen LogP contribution in [0, 0.1) is 0 Å². The van der Waals surface area contributed by atoms with Crippen molar-refractivity contribution < 1.29 is 19.8 Å². The third-order valence-electron chi connectivity index (χ3n) is 2.87. The zero-order valence-electron chi connectivity index (χ0n) is 11.1. The number of nitrogens with one attached hydrogen (secondary N) is 1. The van der Waals surface area contributed by atoms with Crippen molar-refractivity contribution in [1.82, 2.24) is 10.3 Å². The summed E-state index contributed by atoms with van der Waals surface area (Å²) in [6.45, 7) is 0. The number of amides is 1.